The van der Waals surface area contributed by atoms with Gasteiger partial charge >= 0.3 is 0 Å². The number of fused-ring (bicyclic) bond motifs is 1. The van der Waals surface area contributed by atoms with Crippen molar-refractivity contribution in [2.24, 2.45) is 11.7 Å². The minimum absolute atomic E-state index is 0.395. The molecule has 2 N–H and O–H groups in total. The molecule has 0 atom stereocenters. The Kier molecular flexibility index (Phi) is 4.75. The van der Waals surface area contributed by atoms with Crippen LogP contribution in [0.5, 0.6) is 11.5 Å². The fourth-order valence-corrected chi connectivity index (χ4v) is 3.46. The van der Waals surface area contributed by atoms with E-state index in [1.165, 1.54) is 0 Å². The number of nitrogens with two attached hydrogens (primary N) is 1. The number of carbonyl (C=O) groups is 1. The van der Waals surface area contributed by atoms with Crippen LogP contribution >= 0.6 is 0 Å². The second kappa shape index (κ2) is 6.82. The molecule has 134 valence electrons. The molecule has 0 fully saturated rings. The maximum atomic E-state index is 12.2. The molecular weight excluding hydrogens is 316 g/mol. The Morgan fingerprint density at radius 2 is 1.84 bits per heavy atom. The molecule has 0 bridgehead atoms. The molecule has 0 saturated carbocycles. The summed E-state index contributed by atoms with van der Waals surface area (Å²) in [6, 6.07) is 5.80. The highest BCUT2D eigenvalue weighted by atomic mass is 16.6. The molecule has 3 rings (SSSR count). The summed E-state index contributed by atoms with van der Waals surface area (Å²) in [6.45, 7) is 10.4. The van der Waals surface area contributed by atoms with Gasteiger partial charge in [-0.05, 0) is 43.9 Å². The van der Waals surface area contributed by atoms with Crippen molar-refractivity contribution >= 4 is 5.91 Å². The van der Waals surface area contributed by atoms with Crippen molar-refractivity contribution in [3.8, 4) is 22.6 Å². The predicted octanol–water partition coefficient (Wildman–Crippen LogP) is 3.69. The van der Waals surface area contributed by atoms with E-state index in [1.54, 1.807) is 0 Å². The zero-order chi connectivity index (χ0) is 18.1. The number of rotatable bonds is 5. The third kappa shape index (κ3) is 3.23. The molecule has 5 heteroatoms. The van der Waals surface area contributed by atoms with Gasteiger partial charge in [0.15, 0.2) is 11.5 Å². The van der Waals surface area contributed by atoms with Crippen LogP contribution in [0.15, 0.2) is 18.2 Å². The van der Waals surface area contributed by atoms with Gasteiger partial charge in [-0.2, -0.15) is 0 Å². The number of amides is 1. The molecule has 0 radical (unpaired) electrons. The molecular formula is C20H26N2O3. The highest BCUT2D eigenvalue weighted by Gasteiger charge is 2.24. The highest BCUT2D eigenvalue weighted by Crippen LogP contribution is 2.38. The molecule has 0 spiro atoms. The Hall–Kier alpha value is -2.43. The number of hydrogen-bond donors (Lipinski definition) is 1. The number of hydrogen-bond acceptors (Lipinski definition) is 3. The van der Waals surface area contributed by atoms with Gasteiger partial charge in [-0.1, -0.05) is 19.9 Å². The Morgan fingerprint density at radius 1 is 1.16 bits per heavy atom. The zero-order valence-electron chi connectivity index (χ0n) is 15.4. The molecule has 5 nitrogen and oxygen atoms in total. The first kappa shape index (κ1) is 17.4. The minimum atomic E-state index is -0.395. The van der Waals surface area contributed by atoms with Crippen molar-refractivity contribution in [3.05, 3.63) is 35.2 Å². The fraction of sp³-hybridized carbons (Fsp3) is 0.450. The average Bonchev–Trinajstić information content (AvgIpc) is 2.83. The monoisotopic (exact) mass is 342 g/mol. The van der Waals surface area contributed by atoms with E-state index in [2.05, 4.69) is 18.4 Å². The van der Waals surface area contributed by atoms with Crippen LogP contribution in [-0.4, -0.2) is 23.7 Å². The van der Waals surface area contributed by atoms with E-state index >= 15 is 0 Å². The van der Waals surface area contributed by atoms with E-state index in [1.807, 2.05) is 32.0 Å². The summed E-state index contributed by atoms with van der Waals surface area (Å²) in [7, 11) is 0. The summed E-state index contributed by atoms with van der Waals surface area (Å²) in [6.07, 6.45) is 1.05. The van der Waals surface area contributed by atoms with Crippen molar-refractivity contribution in [3.63, 3.8) is 0 Å². The lowest BCUT2D eigenvalue weighted by molar-refractivity contribution is 0.1000. The quantitative estimate of drug-likeness (QED) is 0.901. The standard InChI is InChI=1S/C20H26N2O3/c1-12(2)7-8-22-13(3)18(19(14(22)4)20(21)23)15-5-6-16-17(11-15)25-10-9-24-16/h5-6,11-12H,7-10H2,1-4H3,(H2,21,23). The molecule has 1 aromatic carbocycles. The van der Waals surface area contributed by atoms with Gasteiger partial charge in [0.05, 0.1) is 5.56 Å². The number of benzene rings is 1. The largest absolute Gasteiger partial charge is 0.486 e. The highest BCUT2D eigenvalue weighted by molar-refractivity contribution is 6.02. The van der Waals surface area contributed by atoms with Gasteiger partial charge < -0.3 is 19.8 Å². The lowest BCUT2D eigenvalue weighted by Gasteiger charge is -2.19. The van der Waals surface area contributed by atoms with Crippen LogP contribution in [0.4, 0.5) is 0 Å². The molecule has 2 aromatic rings. The molecule has 25 heavy (non-hydrogen) atoms. The van der Waals surface area contributed by atoms with E-state index in [9.17, 15) is 4.79 Å². The Labute approximate surface area is 148 Å². The van der Waals surface area contributed by atoms with E-state index in [-0.39, 0.29) is 0 Å². The van der Waals surface area contributed by atoms with Gasteiger partial charge in [0.1, 0.15) is 13.2 Å². The van der Waals surface area contributed by atoms with Crippen molar-refractivity contribution in [2.45, 2.75) is 40.7 Å². The van der Waals surface area contributed by atoms with E-state index in [0.29, 0.717) is 30.4 Å². The first-order chi connectivity index (χ1) is 11.9. The van der Waals surface area contributed by atoms with Crippen LogP contribution in [0, 0.1) is 19.8 Å². The van der Waals surface area contributed by atoms with Crippen LogP contribution in [-0.2, 0) is 6.54 Å². The summed E-state index contributed by atoms with van der Waals surface area (Å²) < 4.78 is 13.5. The maximum absolute atomic E-state index is 12.2. The van der Waals surface area contributed by atoms with Gasteiger partial charge in [-0.3, -0.25) is 4.79 Å². The van der Waals surface area contributed by atoms with Crippen molar-refractivity contribution in [2.75, 3.05) is 13.2 Å². The predicted molar refractivity (Wildman–Crippen MR) is 98.3 cm³/mol. The van der Waals surface area contributed by atoms with E-state index in [4.69, 9.17) is 15.2 Å². The van der Waals surface area contributed by atoms with Crippen LogP contribution in [0.25, 0.3) is 11.1 Å². The van der Waals surface area contributed by atoms with Crippen LogP contribution < -0.4 is 15.2 Å². The normalized spacial score (nSPS) is 13.3. The van der Waals surface area contributed by atoms with Gasteiger partial charge in [0.2, 0.25) is 0 Å². The summed E-state index contributed by atoms with van der Waals surface area (Å²) in [5.74, 6) is 1.65. The molecule has 1 aliphatic rings. The number of primary amides is 1. The molecule has 0 saturated heterocycles. The molecule has 1 amide bonds. The van der Waals surface area contributed by atoms with Gasteiger partial charge in [0, 0.05) is 23.5 Å². The second-order valence-electron chi connectivity index (χ2n) is 6.98. The van der Waals surface area contributed by atoms with Crippen LogP contribution in [0.2, 0.25) is 0 Å². The van der Waals surface area contributed by atoms with E-state index < -0.39 is 5.91 Å². The SMILES string of the molecule is Cc1c(C(N)=O)c(-c2ccc3c(c2)OCCO3)c(C)n1CCC(C)C. The molecule has 0 aliphatic carbocycles. The van der Waals surface area contributed by atoms with Crippen LogP contribution in [0.3, 0.4) is 0 Å². The summed E-state index contributed by atoms with van der Waals surface area (Å²) in [4.78, 5) is 12.2. The van der Waals surface area contributed by atoms with Gasteiger partial charge in [-0.25, -0.2) is 0 Å². The van der Waals surface area contributed by atoms with Gasteiger partial charge in [0.25, 0.3) is 5.91 Å². The third-order valence-corrected chi connectivity index (χ3v) is 4.79. The summed E-state index contributed by atoms with van der Waals surface area (Å²) in [5, 5.41) is 0. The van der Waals surface area contributed by atoms with E-state index in [0.717, 1.165) is 41.2 Å². The lowest BCUT2D eigenvalue weighted by Crippen LogP contribution is -2.15. The van der Waals surface area contributed by atoms with Crippen LogP contribution in [0.1, 0.15) is 42.0 Å². The Balaban J connectivity index is 2.11. The molecule has 2 heterocycles. The zero-order valence-corrected chi connectivity index (χ0v) is 15.4. The summed E-state index contributed by atoms with van der Waals surface area (Å²) >= 11 is 0. The topological polar surface area (TPSA) is 66.5 Å². The second-order valence-corrected chi connectivity index (χ2v) is 6.98. The smallest absolute Gasteiger partial charge is 0.251 e. The lowest BCUT2D eigenvalue weighted by atomic mass is 9.99. The number of carbonyl (C=O) groups excluding carboxylic acids is 1. The Bertz CT molecular complexity index is 806. The Morgan fingerprint density at radius 3 is 2.48 bits per heavy atom. The summed E-state index contributed by atoms with van der Waals surface area (Å²) in [5.41, 5.74) is 10.1. The minimum Gasteiger partial charge on any atom is -0.486 e. The average molecular weight is 342 g/mol. The first-order valence-corrected chi connectivity index (χ1v) is 8.79. The number of nitrogens with zero attached hydrogens (tertiary/aromatic N) is 1. The van der Waals surface area contributed by atoms with Gasteiger partial charge in [-0.15, -0.1) is 0 Å². The first-order valence-electron chi connectivity index (χ1n) is 8.79. The fourth-order valence-electron chi connectivity index (χ4n) is 3.46. The molecule has 1 aliphatic heterocycles. The molecule has 0 unspecified atom stereocenters. The molecule has 1 aromatic heterocycles. The maximum Gasteiger partial charge on any atom is 0.251 e. The van der Waals surface area contributed by atoms with Crippen molar-refractivity contribution in [1.82, 2.24) is 4.57 Å². The number of aromatic nitrogens is 1. The third-order valence-electron chi connectivity index (χ3n) is 4.79. The van der Waals surface area contributed by atoms with Crippen molar-refractivity contribution in [1.29, 1.82) is 0 Å². The van der Waals surface area contributed by atoms with Crippen molar-refractivity contribution < 1.29 is 14.3 Å². The number of ether oxygens (including phenoxy) is 2.